The first-order valence-electron chi connectivity index (χ1n) is 26.0. The predicted molar refractivity (Wildman–Crippen MR) is 265 cm³/mol. The summed E-state index contributed by atoms with van der Waals surface area (Å²) in [6.45, 7) is 5.95. The summed E-state index contributed by atoms with van der Waals surface area (Å²) in [5.74, 6) is -8.02. The van der Waals surface area contributed by atoms with E-state index in [2.05, 4.69) is 47.4 Å². The van der Waals surface area contributed by atoms with Gasteiger partial charge in [0, 0.05) is 38.9 Å². The van der Waals surface area contributed by atoms with Crippen molar-refractivity contribution in [1.29, 1.82) is 0 Å². The fraction of sp³-hybridized carbons (Fsp3) is 0.740. The maximum atomic E-state index is 14.3. The number of aromatic hydroxyl groups is 1. The number of rotatable bonds is 20. The minimum absolute atomic E-state index is 0.0507. The molecule has 3 saturated heterocycles. The van der Waals surface area contributed by atoms with Gasteiger partial charge in [0.25, 0.3) is 0 Å². The number of hydrogen-bond acceptors (Lipinski definition) is 17. The molecule has 1 aromatic rings. The molecule has 0 aromatic heterocycles. The van der Waals surface area contributed by atoms with Crippen LogP contribution in [-0.2, 0) is 33.6 Å². The Kier molecular flexibility index (Phi) is 24.4. The molecule has 74 heavy (non-hydrogen) atoms. The Balaban J connectivity index is 1.65. The number of nitrogens with zero attached hydrogens (tertiary/aromatic N) is 2. The topological polar surface area (TPSA) is 394 Å². The van der Waals surface area contributed by atoms with Gasteiger partial charge in [0.05, 0.1) is 30.3 Å². The quantitative estimate of drug-likeness (QED) is 0.0578. The van der Waals surface area contributed by atoms with E-state index in [0.29, 0.717) is 24.7 Å². The van der Waals surface area contributed by atoms with E-state index < -0.39 is 159 Å². The van der Waals surface area contributed by atoms with Crippen molar-refractivity contribution in [3.63, 3.8) is 0 Å². The minimum atomic E-state index is -2.27. The van der Waals surface area contributed by atoms with Crippen LogP contribution < -0.4 is 32.3 Å². The lowest BCUT2D eigenvalue weighted by Crippen LogP contribution is -2.64. The van der Waals surface area contributed by atoms with Gasteiger partial charge in [0.15, 0.2) is 6.23 Å². The van der Waals surface area contributed by atoms with Gasteiger partial charge >= 0.3 is 0 Å². The van der Waals surface area contributed by atoms with E-state index >= 15 is 0 Å². The number of fused-ring (bicyclic) bond motifs is 3. The monoisotopic (exact) mass is 1050 g/mol. The first kappa shape index (κ1) is 61.5. The number of benzene rings is 1. The van der Waals surface area contributed by atoms with Crippen LogP contribution in [0, 0.1) is 17.8 Å². The molecule has 3 fully saturated rings. The van der Waals surface area contributed by atoms with Crippen LogP contribution in [-0.4, -0.2) is 196 Å². The molecule has 5 unspecified atom stereocenters. The maximum absolute atomic E-state index is 14.3. The van der Waals surface area contributed by atoms with Crippen molar-refractivity contribution in [2.24, 2.45) is 23.5 Å². The number of carbonyl (C=O) groups excluding carboxylic acids is 7. The third kappa shape index (κ3) is 17.5. The lowest BCUT2D eigenvalue weighted by atomic mass is 9.91. The fourth-order valence-corrected chi connectivity index (χ4v) is 9.73. The number of aliphatic hydroxyl groups excluding tert-OH is 8. The molecule has 4 rings (SSSR count). The van der Waals surface area contributed by atoms with Crippen molar-refractivity contribution in [3.8, 4) is 5.75 Å². The standard InChI is InChI=1S/C50H82N8O16/c1-5-26(2)20-27(3)12-10-8-6-7-9-11-13-38(65)52-33-22-36(63)47(71)56-44(68)32-24-57(25-37(32)64)49(73)40(35(62)18-19-51)54-48(72)41(43(67)42(66)29-14-16-30(60)17-15-29)55-46(70)34-21-31(61)23-58(34)50(74)39(28(4)59)53-45(33)69/h14-17,26-28,31-37,39-43,47,59-64,66-67,71H,5-13,18-25,51H2,1-4H3,(H,52,65)(H,53,69)(H,54,72)(H,55,70)(H,56,68)/t26?,27?,28-,31-,32?,33?,34?,35-,36-,37+,39+,40+,41+,42+,43+,47-/m1/s1. The van der Waals surface area contributed by atoms with E-state index in [1.165, 1.54) is 18.6 Å². The molecule has 1 aromatic carbocycles. The molecular weight excluding hydrogens is 969 g/mol. The van der Waals surface area contributed by atoms with Crippen molar-refractivity contribution < 1.29 is 79.5 Å². The maximum Gasteiger partial charge on any atom is 0.248 e. The molecule has 0 radical (unpaired) electrons. The molecule has 3 aliphatic heterocycles. The number of amides is 7. The van der Waals surface area contributed by atoms with Gasteiger partial charge in [-0.2, -0.15) is 0 Å². The van der Waals surface area contributed by atoms with Crippen LogP contribution in [0.2, 0.25) is 0 Å². The Morgan fingerprint density at radius 2 is 1.32 bits per heavy atom. The van der Waals surface area contributed by atoms with Gasteiger partial charge in [-0.3, -0.25) is 33.6 Å². The molecule has 0 saturated carbocycles. The van der Waals surface area contributed by atoms with Gasteiger partial charge in [-0.1, -0.05) is 77.8 Å². The second-order valence-electron chi connectivity index (χ2n) is 20.6. The second kappa shape index (κ2) is 29.3. The van der Waals surface area contributed by atoms with Crippen LogP contribution in [0.25, 0.3) is 0 Å². The van der Waals surface area contributed by atoms with Gasteiger partial charge in [0.2, 0.25) is 41.4 Å². The van der Waals surface area contributed by atoms with Crippen LogP contribution in [0.5, 0.6) is 5.75 Å². The summed E-state index contributed by atoms with van der Waals surface area (Å²) in [5, 5.41) is 111. The van der Waals surface area contributed by atoms with Gasteiger partial charge in [-0.05, 0) is 62.3 Å². The number of unbranched alkanes of at least 4 members (excludes halogenated alkanes) is 5. The third-order valence-corrected chi connectivity index (χ3v) is 14.4. The van der Waals surface area contributed by atoms with E-state index in [1.54, 1.807) is 0 Å². The van der Waals surface area contributed by atoms with Gasteiger partial charge in [-0.25, -0.2) is 0 Å². The summed E-state index contributed by atoms with van der Waals surface area (Å²) in [7, 11) is 0. The Labute approximate surface area is 431 Å². The molecule has 16 N–H and O–H groups in total. The number of aliphatic hydroxyl groups is 8. The molecule has 3 heterocycles. The minimum Gasteiger partial charge on any atom is -0.508 e. The summed E-state index contributed by atoms with van der Waals surface area (Å²) in [4.78, 5) is 99.9. The summed E-state index contributed by atoms with van der Waals surface area (Å²) in [5.41, 5.74) is 5.62. The summed E-state index contributed by atoms with van der Waals surface area (Å²) < 4.78 is 0. The summed E-state index contributed by atoms with van der Waals surface area (Å²) in [6.07, 6.45) is -7.92. The molecule has 2 bridgehead atoms. The highest BCUT2D eigenvalue weighted by Gasteiger charge is 2.48. The molecule has 16 atom stereocenters. The molecule has 24 heteroatoms. The number of phenolic OH excluding ortho intramolecular Hbond substituents is 1. The number of phenols is 1. The SMILES string of the molecule is CCC(C)CC(C)CCCCCCCCC(=O)NC1C[C@@H](O)[C@@H](O)NC(=O)C2CN(C[C@@H]2O)C(=O)[C@H]([C@H](O)CCN)NC(=O)[C@H]([C@H](O)[C@@H](O)c2ccc(O)cc2)NC(=O)C2C[C@@H](O)CN2C(=O)[C@H]([C@@H](C)O)NC1=O. The van der Waals surface area contributed by atoms with E-state index in [9.17, 15) is 79.5 Å². The fourth-order valence-electron chi connectivity index (χ4n) is 9.73. The molecule has 3 aliphatic rings. The zero-order chi connectivity index (χ0) is 55.0. The normalized spacial score (nSPS) is 29.3. The molecule has 7 amide bonds. The zero-order valence-corrected chi connectivity index (χ0v) is 42.9. The average Bonchev–Trinajstić information content (AvgIpc) is 3.95. The Hall–Kier alpha value is -5.05. The van der Waals surface area contributed by atoms with Crippen molar-refractivity contribution in [3.05, 3.63) is 29.8 Å². The molecule has 418 valence electrons. The molecular formula is C50H82N8O16. The first-order chi connectivity index (χ1) is 35.0. The number of nitrogens with two attached hydrogens (primary N) is 1. The van der Waals surface area contributed by atoms with Crippen molar-refractivity contribution in [2.45, 2.75) is 190 Å². The van der Waals surface area contributed by atoms with Crippen LogP contribution in [0.3, 0.4) is 0 Å². The summed E-state index contributed by atoms with van der Waals surface area (Å²) >= 11 is 0. The number of nitrogens with one attached hydrogen (secondary N) is 5. The Morgan fingerprint density at radius 3 is 1.96 bits per heavy atom. The molecule has 0 spiro atoms. The van der Waals surface area contributed by atoms with E-state index in [0.717, 1.165) is 67.4 Å². The third-order valence-electron chi connectivity index (χ3n) is 14.4. The van der Waals surface area contributed by atoms with Gasteiger partial charge in [0.1, 0.15) is 54.3 Å². The largest absolute Gasteiger partial charge is 0.508 e. The highest BCUT2D eigenvalue weighted by atomic mass is 16.3. The number of carbonyl (C=O) groups is 7. The van der Waals surface area contributed by atoms with E-state index in [1.807, 2.05) is 0 Å². The van der Waals surface area contributed by atoms with Gasteiger partial charge < -0.3 is 88.1 Å². The van der Waals surface area contributed by atoms with E-state index in [-0.39, 0.29) is 30.7 Å². The summed E-state index contributed by atoms with van der Waals surface area (Å²) in [6, 6.07) is -4.72. The first-order valence-corrected chi connectivity index (χ1v) is 26.0. The van der Waals surface area contributed by atoms with Crippen molar-refractivity contribution >= 4 is 41.4 Å². The number of hydrogen-bond donors (Lipinski definition) is 15. The Bertz CT molecular complexity index is 2020. The lowest BCUT2D eigenvalue weighted by molar-refractivity contribution is -0.146. The van der Waals surface area contributed by atoms with Crippen LogP contribution in [0.15, 0.2) is 24.3 Å². The highest BCUT2D eigenvalue weighted by molar-refractivity contribution is 5.97. The lowest BCUT2D eigenvalue weighted by Gasteiger charge is -2.34. The van der Waals surface area contributed by atoms with E-state index in [4.69, 9.17) is 5.73 Å². The zero-order valence-electron chi connectivity index (χ0n) is 42.9. The van der Waals surface area contributed by atoms with Crippen molar-refractivity contribution in [2.75, 3.05) is 26.2 Å². The molecule has 0 aliphatic carbocycles. The average molecular weight is 1050 g/mol. The van der Waals surface area contributed by atoms with Crippen molar-refractivity contribution in [1.82, 2.24) is 36.4 Å². The predicted octanol–water partition coefficient (Wildman–Crippen LogP) is -3.01. The highest BCUT2D eigenvalue weighted by Crippen LogP contribution is 2.26. The second-order valence-corrected chi connectivity index (χ2v) is 20.6. The smallest absolute Gasteiger partial charge is 0.248 e. The Morgan fingerprint density at radius 1 is 0.703 bits per heavy atom. The molecule has 24 nitrogen and oxygen atoms in total. The van der Waals surface area contributed by atoms with Gasteiger partial charge in [-0.15, -0.1) is 0 Å². The van der Waals surface area contributed by atoms with Crippen LogP contribution in [0.1, 0.15) is 123 Å². The van der Waals surface area contributed by atoms with Crippen LogP contribution in [0.4, 0.5) is 0 Å². The van der Waals surface area contributed by atoms with Crippen LogP contribution >= 0.6 is 0 Å².